The number of ether oxygens (including phenoxy) is 3. The smallest absolute Gasteiger partial charge is 0.418 e. The minimum absolute atomic E-state index is 0.0377. The van der Waals surface area contributed by atoms with Crippen LogP contribution in [0.5, 0.6) is 23.0 Å². The summed E-state index contributed by atoms with van der Waals surface area (Å²) < 4.78 is 216. The topological polar surface area (TPSA) is 353 Å². The number of anilines is 4. The van der Waals surface area contributed by atoms with E-state index in [-0.39, 0.29) is 65.7 Å². The zero-order chi connectivity index (χ0) is 111. The highest BCUT2D eigenvalue weighted by Crippen LogP contribution is 2.41. The van der Waals surface area contributed by atoms with Crippen molar-refractivity contribution < 1.29 is 132 Å². The lowest BCUT2D eigenvalue weighted by molar-refractivity contribution is -0.138. The van der Waals surface area contributed by atoms with Gasteiger partial charge in [0.2, 0.25) is 47.3 Å². The minimum atomic E-state index is -4.59. The Balaban J connectivity index is 0.000000292. The van der Waals surface area contributed by atoms with Crippen molar-refractivity contribution in [2.24, 2.45) is 17.2 Å². The Morgan fingerprint density at radius 3 is 1.33 bits per heavy atom. The van der Waals surface area contributed by atoms with Crippen LogP contribution in [0, 0.1) is 68.1 Å². The van der Waals surface area contributed by atoms with Crippen LogP contribution in [-0.4, -0.2) is 84.8 Å². The molecule has 0 aliphatic carbocycles. The summed E-state index contributed by atoms with van der Waals surface area (Å²) >= 11 is 11.5. The zero-order valence-electron chi connectivity index (χ0n) is 81.5. The summed E-state index contributed by atoms with van der Waals surface area (Å²) in [5, 5.41) is 13.9. The van der Waals surface area contributed by atoms with Crippen molar-refractivity contribution in [2.75, 3.05) is 41.6 Å². The highest BCUT2D eigenvalue weighted by molar-refractivity contribution is 6.34. The van der Waals surface area contributed by atoms with Crippen LogP contribution in [0.4, 0.5) is 93.0 Å². The third-order valence-corrected chi connectivity index (χ3v) is 21.1. The monoisotopic (exact) mass is 2100 g/mol. The number of carbonyl (C=O) groups excluding carboxylic acids is 10. The molecule has 0 bridgehead atoms. The summed E-state index contributed by atoms with van der Waals surface area (Å²) in [4.78, 5) is 116. The van der Waals surface area contributed by atoms with Gasteiger partial charge >= 0.3 is 30.9 Å². The van der Waals surface area contributed by atoms with Gasteiger partial charge in [0, 0.05) is 97.9 Å². The molecular weight excluding hydrogens is 2000 g/mol. The molecule has 0 radical (unpaired) electrons. The fourth-order valence-corrected chi connectivity index (χ4v) is 13.3. The predicted molar refractivity (Wildman–Crippen MR) is 528 cm³/mol. The third kappa shape index (κ3) is 41.2. The molecule has 1 aromatic heterocycles. The first-order valence-corrected chi connectivity index (χ1v) is 44.5. The molecule has 23 nitrogen and oxygen atoms in total. The number of para-hydroxylation sites is 1. The van der Waals surface area contributed by atoms with Crippen molar-refractivity contribution in [3.63, 3.8) is 0 Å². The average Bonchev–Trinajstić information content (AvgIpc) is 1.70. The van der Waals surface area contributed by atoms with Crippen LogP contribution >= 0.6 is 23.2 Å². The lowest BCUT2D eigenvalue weighted by Crippen LogP contribution is -2.30. The molecule has 11 N–H and O–H groups in total. The molecule has 12 aromatic rings. The Morgan fingerprint density at radius 2 is 0.878 bits per heavy atom. The van der Waals surface area contributed by atoms with E-state index in [2.05, 4.69) is 31.6 Å². The number of rotatable bonds is 19. The fourth-order valence-electron chi connectivity index (χ4n) is 12.9. The number of benzene rings is 11. The second-order valence-electron chi connectivity index (χ2n) is 32.3. The standard InChI is InChI=1S/C15H14ClNO2.C15H15NO2.C14H11F3N2O.C12H10F3NO2.C12H14F3NO.C11H12F3NO.C10H10F3NO.C9H11NO2.C8H7ClFNO/c1-10-3-4-12(16)9-15(10)19-14-7-5-13(6-8-14)17-11(2)18;1-11-10-12(8-9-14(11)18-2)15(17)16-13-6-4-3-5-7-13;1-9-8-11(14(15,16)17)2-3-12(9)19-13(20)10-4-6-18-7-5-10;1-7-2-3-9(8(6-7)12(13,14)15)16-10(17)4-5-11(16)18;1-8-7-11(12(13,14)15)4-3-10(8)5-6-16-9(2)17;1-7-5-10(11(12,13)14)4-3-9(7)6-15-8(2)16;1-6-4-8(10(11,12)13)3-2-7(6)5-9(14)15;1-6-5-7(9(10)11)3-4-8(6)12-2;1-4-2-5(8(11)12)6(9)3-7(4)10/h3-9H,1-2H3,(H,17,18);3-10H,1-2H3,(H,16,17);2-8H,1H3,(H,19,20);2-3,6H,4-5H2,1H3;3-4,7H,5-6H2,1-2H3,(H,16,17);3-5H,6H2,1-2H3,(H,15,16);2-4H,5H2,1H3,(H2,14,15);3-5H,1-2H3,(H2,10,11);2-3H,1H3,(H2,11,12). The maximum atomic E-state index is 12.9. The van der Waals surface area contributed by atoms with E-state index in [1.165, 1.54) is 115 Å². The SMILES string of the molecule is CC(=O)NCCc1ccc(C(F)(F)F)cc1C.CC(=O)NCc1ccc(C(F)(F)F)cc1C.CC(=O)Nc1ccc(Oc2cc(Cl)ccc2C)cc1.COc1ccc(C(=O)Nc2ccccc2)cc1C.COc1ccc(C(N)=O)cc1C.Cc1cc(C(F)(F)F)ccc1CC(N)=O.Cc1cc(C(F)(F)F)ccc1NC(=O)c1ccncc1.Cc1cc(C(N)=O)c(Cl)cc1F.Cc1ccc(N2C(=O)CCC2=O)c(C(F)(F)F)c1. The summed E-state index contributed by atoms with van der Waals surface area (Å²) in [7, 11) is 3.21. The molecule has 0 unspecified atom stereocenters. The number of aromatic nitrogens is 1. The van der Waals surface area contributed by atoms with Gasteiger partial charge in [-0.25, -0.2) is 9.29 Å². The molecular formula is C106H104Cl2F16N10O13. The van der Waals surface area contributed by atoms with Crippen LogP contribution in [0.1, 0.15) is 170 Å². The van der Waals surface area contributed by atoms with Crippen LogP contribution in [-0.2, 0) is 79.0 Å². The second-order valence-corrected chi connectivity index (χ2v) is 33.1. The van der Waals surface area contributed by atoms with Crippen LogP contribution < -0.4 is 62.9 Å². The number of hydrogen-bond donors (Lipinski definition) is 8. The molecule has 1 aliphatic rings. The van der Waals surface area contributed by atoms with E-state index < -0.39 is 100.0 Å². The van der Waals surface area contributed by atoms with Gasteiger partial charge in [0.05, 0.1) is 64.7 Å². The summed E-state index contributed by atoms with van der Waals surface area (Å²) in [6.45, 7) is 20.0. The van der Waals surface area contributed by atoms with Gasteiger partial charge in [-0.05, 0) is 306 Å². The molecule has 782 valence electrons. The Bertz CT molecular complexity index is 6600. The molecule has 0 spiro atoms. The van der Waals surface area contributed by atoms with Gasteiger partial charge in [0.15, 0.2) is 0 Å². The van der Waals surface area contributed by atoms with Gasteiger partial charge in [-0.2, -0.15) is 65.9 Å². The highest BCUT2D eigenvalue weighted by Gasteiger charge is 2.41. The number of aryl methyl sites for hydroxylation is 9. The number of methoxy groups -OCH3 is 2. The maximum absolute atomic E-state index is 12.9. The molecule has 13 rings (SSSR count). The van der Waals surface area contributed by atoms with Crippen molar-refractivity contribution in [1.82, 2.24) is 15.6 Å². The van der Waals surface area contributed by atoms with Crippen LogP contribution in [0.3, 0.4) is 0 Å². The van der Waals surface area contributed by atoms with Crippen molar-refractivity contribution >= 4 is 105 Å². The van der Waals surface area contributed by atoms with E-state index in [1.807, 2.05) is 69.3 Å². The van der Waals surface area contributed by atoms with E-state index in [1.54, 1.807) is 88.7 Å². The lowest BCUT2D eigenvalue weighted by atomic mass is 10.0. The first-order valence-electron chi connectivity index (χ1n) is 43.7. The third-order valence-electron chi connectivity index (χ3n) is 20.6. The predicted octanol–water partition coefficient (Wildman–Crippen LogP) is 24.4. The fraction of sp³-hybridized carbons (Fsp3) is 0.236. The molecule has 1 saturated heterocycles. The Hall–Kier alpha value is -15.7. The minimum Gasteiger partial charge on any atom is -0.496 e. The van der Waals surface area contributed by atoms with Gasteiger partial charge in [0.1, 0.15) is 28.8 Å². The molecule has 2 heterocycles. The van der Waals surface area contributed by atoms with E-state index in [0.29, 0.717) is 95.5 Å². The number of amides is 10. The van der Waals surface area contributed by atoms with Crippen LogP contribution in [0.2, 0.25) is 10.0 Å². The number of primary amides is 3. The Labute approximate surface area is 846 Å². The molecule has 1 fully saturated rings. The molecule has 147 heavy (non-hydrogen) atoms. The highest BCUT2D eigenvalue weighted by atomic mass is 35.5. The molecule has 0 saturated carbocycles. The lowest BCUT2D eigenvalue weighted by Gasteiger charge is -2.20. The van der Waals surface area contributed by atoms with Crippen molar-refractivity contribution in [3.05, 3.63) is 370 Å². The van der Waals surface area contributed by atoms with Gasteiger partial charge < -0.3 is 58.0 Å². The zero-order valence-corrected chi connectivity index (χ0v) is 83.0. The summed E-state index contributed by atoms with van der Waals surface area (Å²) in [5.41, 5.74) is 22.0. The number of alkyl halides is 15. The molecule has 41 heteroatoms. The summed E-state index contributed by atoms with van der Waals surface area (Å²) in [5.74, 6) is -1.24. The van der Waals surface area contributed by atoms with Crippen molar-refractivity contribution in [3.8, 4) is 23.0 Å². The van der Waals surface area contributed by atoms with Gasteiger partial charge in [0.25, 0.3) is 11.8 Å². The number of nitrogens with zero attached hydrogens (tertiary/aromatic N) is 2. The largest absolute Gasteiger partial charge is 0.496 e. The van der Waals surface area contributed by atoms with Crippen molar-refractivity contribution in [2.45, 2.75) is 146 Å². The second kappa shape index (κ2) is 56.0. The first kappa shape index (κ1) is 122. The Kier molecular flexibility index (Phi) is 46.4. The van der Waals surface area contributed by atoms with Crippen LogP contribution in [0.15, 0.2) is 237 Å². The summed E-state index contributed by atoms with van der Waals surface area (Å²) in [6.07, 6.45) is -18.6. The number of nitrogens with one attached hydrogen (secondary N) is 5. The summed E-state index contributed by atoms with van der Waals surface area (Å²) in [6, 6.07) is 55.1. The molecule has 1 aliphatic heterocycles. The van der Waals surface area contributed by atoms with Crippen LogP contribution in [0.25, 0.3) is 0 Å². The van der Waals surface area contributed by atoms with Gasteiger partial charge in [-0.15, -0.1) is 0 Å². The van der Waals surface area contributed by atoms with E-state index in [0.717, 1.165) is 112 Å². The maximum Gasteiger partial charge on any atom is 0.418 e. The van der Waals surface area contributed by atoms with Gasteiger partial charge in [-0.1, -0.05) is 77.3 Å². The number of pyridine rings is 1. The van der Waals surface area contributed by atoms with Gasteiger partial charge in [-0.3, -0.25) is 52.9 Å². The quantitative estimate of drug-likeness (QED) is 0.0276. The normalized spacial score (nSPS) is 11.4. The average molecular weight is 2100 g/mol. The van der Waals surface area contributed by atoms with E-state index >= 15 is 0 Å². The number of halogens is 18. The molecule has 10 amide bonds. The number of imide groups is 1. The van der Waals surface area contributed by atoms with E-state index in [4.69, 9.17) is 54.6 Å². The number of nitrogens with two attached hydrogens (primary N) is 3. The Morgan fingerprint density at radius 1 is 0.408 bits per heavy atom. The van der Waals surface area contributed by atoms with E-state index in [9.17, 15) is 118 Å². The number of carbonyl (C=O) groups is 10. The van der Waals surface area contributed by atoms with Crippen molar-refractivity contribution in [1.29, 1.82) is 0 Å². The number of hydrogen-bond acceptors (Lipinski definition) is 14. The molecule has 11 aromatic carbocycles. The molecule has 0 atom stereocenters. The first-order chi connectivity index (χ1) is 68.5.